The minimum absolute atomic E-state index is 0.00436. The van der Waals surface area contributed by atoms with Crippen molar-refractivity contribution in [1.29, 1.82) is 0 Å². The highest BCUT2D eigenvalue weighted by molar-refractivity contribution is 7.88. The molecule has 36 heavy (non-hydrogen) atoms. The minimum Gasteiger partial charge on any atom is -0.381 e. The fourth-order valence-corrected chi connectivity index (χ4v) is 6.37. The largest absolute Gasteiger partial charge is 0.381 e. The van der Waals surface area contributed by atoms with E-state index in [1.54, 1.807) is 4.90 Å². The van der Waals surface area contributed by atoms with E-state index in [1.807, 2.05) is 30.1 Å². The summed E-state index contributed by atoms with van der Waals surface area (Å²) < 4.78 is 32.5. The molecule has 6 rings (SSSR count). The molecule has 0 saturated carbocycles. The first-order valence-electron chi connectivity index (χ1n) is 12.2. The molecule has 10 heteroatoms. The summed E-state index contributed by atoms with van der Waals surface area (Å²) in [6.07, 6.45) is 4.22. The van der Waals surface area contributed by atoms with Crippen LogP contribution in [0.15, 0.2) is 53.7 Å². The standard InChI is InChI=1S/C26H29N5O4S/c1-29-23-8-7-21(13-22(23)14-27-29)19-3-5-20(6-4-19)24-28-26(9-11-35-12-10-26)25(32)31(24)17-18-15-30(16-18)36(2,33)34/h3-8,13-14,18H,9-12,15-17H2,1-2H3. The van der Waals surface area contributed by atoms with Crippen LogP contribution in [0.5, 0.6) is 0 Å². The number of carbonyl (C=O) groups is 1. The van der Waals surface area contributed by atoms with Gasteiger partial charge in [-0.3, -0.25) is 19.4 Å². The Morgan fingerprint density at radius 2 is 1.69 bits per heavy atom. The Morgan fingerprint density at radius 1 is 1.03 bits per heavy atom. The van der Waals surface area contributed by atoms with Crippen molar-refractivity contribution in [3.05, 3.63) is 54.2 Å². The molecule has 1 spiro atoms. The molecule has 3 aromatic rings. The molecule has 0 radical (unpaired) electrons. The number of amides is 1. The van der Waals surface area contributed by atoms with Crippen molar-refractivity contribution in [3.63, 3.8) is 0 Å². The van der Waals surface area contributed by atoms with E-state index >= 15 is 0 Å². The van der Waals surface area contributed by atoms with E-state index in [4.69, 9.17) is 9.73 Å². The molecule has 0 atom stereocenters. The number of aryl methyl sites for hydroxylation is 1. The average molecular weight is 508 g/mol. The zero-order chi connectivity index (χ0) is 25.1. The van der Waals surface area contributed by atoms with Gasteiger partial charge in [0.25, 0.3) is 5.91 Å². The molecule has 1 aromatic heterocycles. The summed E-state index contributed by atoms with van der Waals surface area (Å²) in [5.41, 5.74) is 3.36. The molecule has 4 heterocycles. The van der Waals surface area contributed by atoms with Crippen LogP contribution in [-0.2, 0) is 26.6 Å². The summed E-state index contributed by atoms with van der Waals surface area (Å²) in [7, 11) is -1.27. The van der Waals surface area contributed by atoms with Crippen LogP contribution in [0, 0.1) is 5.92 Å². The third-order valence-corrected chi connectivity index (χ3v) is 8.83. The molecule has 0 unspecified atom stereocenters. The van der Waals surface area contributed by atoms with Gasteiger partial charge in [-0.05, 0) is 23.3 Å². The molecule has 188 valence electrons. The quantitative estimate of drug-likeness (QED) is 0.528. The Morgan fingerprint density at radius 3 is 2.39 bits per heavy atom. The first kappa shape index (κ1) is 23.3. The van der Waals surface area contributed by atoms with Gasteiger partial charge in [-0.1, -0.05) is 30.3 Å². The van der Waals surface area contributed by atoms with Crippen LogP contribution in [0.4, 0.5) is 0 Å². The molecular weight excluding hydrogens is 478 g/mol. The lowest BCUT2D eigenvalue weighted by molar-refractivity contribution is -0.135. The van der Waals surface area contributed by atoms with Crippen molar-refractivity contribution in [2.24, 2.45) is 18.0 Å². The number of carbonyl (C=O) groups excluding carboxylic acids is 1. The van der Waals surface area contributed by atoms with Crippen molar-refractivity contribution in [3.8, 4) is 11.1 Å². The minimum atomic E-state index is -3.20. The van der Waals surface area contributed by atoms with E-state index in [-0.39, 0.29) is 11.8 Å². The molecule has 9 nitrogen and oxygen atoms in total. The maximum atomic E-state index is 13.7. The highest BCUT2D eigenvalue weighted by Crippen LogP contribution is 2.36. The lowest BCUT2D eigenvalue weighted by Crippen LogP contribution is -2.55. The predicted molar refractivity (Wildman–Crippen MR) is 137 cm³/mol. The highest BCUT2D eigenvalue weighted by Gasteiger charge is 2.50. The fourth-order valence-electron chi connectivity index (χ4n) is 5.40. The average Bonchev–Trinajstić information content (AvgIpc) is 3.33. The van der Waals surface area contributed by atoms with Gasteiger partial charge in [-0.15, -0.1) is 0 Å². The number of rotatable bonds is 5. The summed E-state index contributed by atoms with van der Waals surface area (Å²) in [6, 6.07) is 14.4. The molecule has 0 N–H and O–H groups in total. The second kappa shape index (κ2) is 8.50. The van der Waals surface area contributed by atoms with Crippen molar-refractivity contribution in [2.45, 2.75) is 18.4 Å². The summed E-state index contributed by atoms with van der Waals surface area (Å²) >= 11 is 0. The Bertz CT molecular complexity index is 1470. The van der Waals surface area contributed by atoms with Gasteiger partial charge in [0.15, 0.2) is 0 Å². The van der Waals surface area contributed by atoms with Crippen molar-refractivity contribution in [2.75, 3.05) is 39.1 Å². The van der Waals surface area contributed by atoms with Gasteiger partial charge in [0.2, 0.25) is 10.0 Å². The molecule has 1 amide bonds. The molecule has 0 bridgehead atoms. The Balaban J connectivity index is 1.28. The third-order valence-electron chi connectivity index (χ3n) is 7.59. The second-order valence-electron chi connectivity index (χ2n) is 10.1. The molecule has 0 aliphatic carbocycles. The van der Waals surface area contributed by atoms with Crippen molar-refractivity contribution < 1.29 is 17.9 Å². The number of fused-ring (bicyclic) bond motifs is 1. The van der Waals surface area contributed by atoms with E-state index in [9.17, 15) is 13.2 Å². The molecule has 2 fully saturated rings. The number of aromatic nitrogens is 2. The number of sulfonamides is 1. The normalized spacial score (nSPS) is 20.8. The van der Waals surface area contributed by atoms with Gasteiger partial charge >= 0.3 is 0 Å². The second-order valence-corrected chi connectivity index (χ2v) is 12.0. The van der Waals surface area contributed by atoms with Gasteiger partial charge in [0.1, 0.15) is 11.4 Å². The zero-order valence-corrected chi connectivity index (χ0v) is 21.2. The summed E-state index contributed by atoms with van der Waals surface area (Å²) in [6.45, 7) is 2.35. The SMILES string of the molecule is Cn1ncc2cc(-c3ccc(C4=NC5(CCOCC5)C(=O)N4CC4CN(S(C)(=O)=O)C4)cc3)ccc21. The van der Waals surface area contributed by atoms with Crippen LogP contribution in [-0.4, -0.2) is 83.8 Å². The first-order valence-corrected chi connectivity index (χ1v) is 14.1. The molecule has 3 aliphatic heterocycles. The van der Waals surface area contributed by atoms with E-state index < -0.39 is 15.6 Å². The smallest absolute Gasteiger partial charge is 0.256 e. The Hall–Kier alpha value is -3.08. The number of hydrogen-bond donors (Lipinski definition) is 0. The number of amidine groups is 1. The van der Waals surface area contributed by atoms with Crippen LogP contribution in [0.25, 0.3) is 22.0 Å². The van der Waals surface area contributed by atoms with Gasteiger partial charge in [0.05, 0.1) is 18.0 Å². The van der Waals surface area contributed by atoms with Gasteiger partial charge in [-0.25, -0.2) is 12.7 Å². The summed E-state index contributed by atoms with van der Waals surface area (Å²) in [4.78, 5) is 20.4. The lowest BCUT2D eigenvalue weighted by Gasteiger charge is -2.39. The topological polar surface area (TPSA) is 97.1 Å². The fraction of sp³-hybridized carbons (Fsp3) is 0.423. The van der Waals surface area contributed by atoms with Crippen LogP contribution in [0.1, 0.15) is 18.4 Å². The van der Waals surface area contributed by atoms with Crippen LogP contribution >= 0.6 is 0 Å². The van der Waals surface area contributed by atoms with Gasteiger partial charge in [-0.2, -0.15) is 5.10 Å². The summed E-state index contributed by atoms with van der Waals surface area (Å²) in [5.74, 6) is 0.771. The maximum absolute atomic E-state index is 13.7. The number of ether oxygens (including phenoxy) is 1. The zero-order valence-electron chi connectivity index (χ0n) is 20.4. The van der Waals surface area contributed by atoms with E-state index in [2.05, 4.69) is 35.4 Å². The third kappa shape index (κ3) is 3.93. The van der Waals surface area contributed by atoms with Crippen LogP contribution < -0.4 is 0 Å². The highest BCUT2D eigenvalue weighted by atomic mass is 32.2. The molecule has 2 aromatic carbocycles. The van der Waals surface area contributed by atoms with Crippen LogP contribution in [0.2, 0.25) is 0 Å². The van der Waals surface area contributed by atoms with Gasteiger partial charge in [0, 0.05) is 69.6 Å². The Kier molecular flexibility index (Phi) is 5.51. The van der Waals surface area contributed by atoms with Gasteiger partial charge < -0.3 is 4.74 Å². The summed E-state index contributed by atoms with van der Waals surface area (Å²) in [5, 5.41) is 5.41. The van der Waals surface area contributed by atoms with Crippen molar-refractivity contribution >= 4 is 32.7 Å². The molecular formula is C26H29N5O4S. The lowest BCUT2D eigenvalue weighted by atomic mass is 9.90. The van der Waals surface area contributed by atoms with Crippen molar-refractivity contribution in [1.82, 2.24) is 19.0 Å². The number of hydrogen-bond acceptors (Lipinski definition) is 6. The predicted octanol–water partition coefficient (Wildman–Crippen LogP) is 2.27. The number of benzene rings is 2. The molecule has 3 aliphatic rings. The van der Waals surface area contributed by atoms with Crippen LogP contribution in [0.3, 0.4) is 0 Å². The van der Waals surface area contributed by atoms with E-state index in [1.165, 1.54) is 10.6 Å². The monoisotopic (exact) mass is 507 g/mol. The number of nitrogens with zero attached hydrogens (tertiary/aromatic N) is 5. The van der Waals surface area contributed by atoms with E-state index in [0.29, 0.717) is 51.5 Å². The Labute approximate surface area is 210 Å². The first-order chi connectivity index (χ1) is 17.2. The van der Waals surface area contributed by atoms with E-state index in [0.717, 1.165) is 27.6 Å². The maximum Gasteiger partial charge on any atom is 0.256 e. The number of aliphatic imine (C=N–C) groups is 1. The molecule has 2 saturated heterocycles.